The molecule has 0 heterocycles. The smallest absolute Gasteiger partial charge is 0.313 e. The summed E-state index contributed by atoms with van der Waals surface area (Å²) >= 11 is 6.00. The molecule has 6 heteroatoms. The topological polar surface area (TPSA) is 67.4 Å². The Labute approximate surface area is 146 Å². The predicted molar refractivity (Wildman–Crippen MR) is 94.1 cm³/mol. The first-order valence-electron chi connectivity index (χ1n) is 7.55. The fraction of sp³-hybridized carbons (Fsp3) is 0.222. The van der Waals surface area contributed by atoms with Gasteiger partial charge in [0.25, 0.3) is 0 Å². The second-order valence-electron chi connectivity index (χ2n) is 5.42. The minimum Gasteiger partial charge on any atom is -0.491 e. The van der Waals surface area contributed by atoms with Gasteiger partial charge in [0.2, 0.25) is 0 Å². The van der Waals surface area contributed by atoms with E-state index in [2.05, 4.69) is 10.6 Å². The second-order valence-corrected chi connectivity index (χ2v) is 5.83. The Morgan fingerprint density at radius 3 is 2.33 bits per heavy atom. The van der Waals surface area contributed by atoms with Gasteiger partial charge in [0.15, 0.2) is 0 Å². The number of amides is 2. The molecule has 2 N–H and O–H groups in total. The van der Waals surface area contributed by atoms with E-state index in [0.29, 0.717) is 16.5 Å². The highest BCUT2D eigenvalue weighted by Gasteiger charge is 2.14. The number of rotatable bonds is 5. The first-order valence-corrected chi connectivity index (χ1v) is 7.93. The number of ether oxygens (including phenoxy) is 1. The lowest BCUT2D eigenvalue weighted by molar-refractivity contribution is -0.136. The van der Waals surface area contributed by atoms with Crippen LogP contribution in [0.3, 0.4) is 0 Å². The molecule has 0 atom stereocenters. The van der Waals surface area contributed by atoms with E-state index in [9.17, 15) is 9.59 Å². The molecule has 2 aromatic carbocycles. The van der Waals surface area contributed by atoms with Crippen molar-refractivity contribution in [2.24, 2.45) is 0 Å². The van der Waals surface area contributed by atoms with Crippen molar-refractivity contribution >= 4 is 29.1 Å². The van der Waals surface area contributed by atoms with Crippen LogP contribution in [0.15, 0.2) is 48.5 Å². The lowest BCUT2D eigenvalue weighted by Crippen LogP contribution is -2.35. The van der Waals surface area contributed by atoms with Gasteiger partial charge < -0.3 is 15.4 Å². The van der Waals surface area contributed by atoms with Crippen molar-refractivity contribution in [1.29, 1.82) is 0 Å². The van der Waals surface area contributed by atoms with Crippen LogP contribution in [-0.2, 0) is 16.1 Å². The van der Waals surface area contributed by atoms with E-state index in [1.807, 2.05) is 19.9 Å². The standard InChI is InChI=1S/C18H19ClN2O3/c1-12(2)24-15-9-7-14(8-10-15)21-18(23)17(22)20-11-13-5-3-4-6-16(13)19/h3-10,12H,11H2,1-2H3,(H,20,22)(H,21,23). The van der Waals surface area contributed by atoms with E-state index in [1.54, 1.807) is 42.5 Å². The molecule has 0 fully saturated rings. The number of benzene rings is 2. The van der Waals surface area contributed by atoms with Crippen molar-refractivity contribution in [3.05, 3.63) is 59.1 Å². The number of hydrogen-bond acceptors (Lipinski definition) is 3. The minimum atomic E-state index is -0.736. The SMILES string of the molecule is CC(C)Oc1ccc(NC(=O)C(=O)NCc2ccccc2Cl)cc1. The third kappa shape index (κ3) is 5.28. The van der Waals surface area contributed by atoms with Crippen LogP contribution in [-0.4, -0.2) is 17.9 Å². The highest BCUT2D eigenvalue weighted by atomic mass is 35.5. The van der Waals surface area contributed by atoms with Crippen molar-refractivity contribution in [3.63, 3.8) is 0 Å². The number of carbonyl (C=O) groups excluding carboxylic acids is 2. The molecule has 0 aliphatic heterocycles. The lowest BCUT2D eigenvalue weighted by atomic mass is 10.2. The van der Waals surface area contributed by atoms with Gasteiger partial charge in [-0.2, -0.15) is 0 Å². The van der Waals surface area contributed by atoms with Gasteiger partial charge in [0.1, 0.15) is 5.75 Å². The molecule has 2 aromatic rings. The third-order valence-corrected chi connectivity index (χ3v) is 3.46. The number of anilines is 1. The van der Waals surface area contributed by atoms with Crippen molar-refractivity contribution < 1.29 is 14.3 Å². The Kier molecular flexibility index (Phi) is 6.21. The molecule has 0 radical (unpaired) electrons. The normalized spacial score (nSPS) is 10.3. The van der Waals surface area contributed by atoms with Crippen LogP contribution in [0.25, 0.3) is 0 Å². The summed E-state index contributed by atoms with van der Waals surface area (Å²) in [6.07, 6.45) is 0.0704. The summed E-state index contributed by atoms with van der Waals surface area (Å²) in [7, 11) is 0. The zero-order valence-electron chi connectivity index (χ0n) is 13.5. The molecule has 0 unspecified atom stereocenters. The average molecular weight is 347 g/mol. The summed E-state index contributed by atoms with van der Waals surface area (Å²) in [5.41, 5.74) is 1.26. The maximum Gasteiger partial charge on any atom is 0.313 e. The highest BCUT2D eigenvalue weighted by molar-refractivity contribution is 6.39. The molecule has 126 valence electrons. The van der Waals surface area contributed by atoms with Crippen LogP contribution in [0.1, 0.15) is 19.4 Å². The van der Waals surface area contributed by atoms with Crippen molar-refractivity contribution in [1.82, 2.24) is 5.32 Å². The lowest BCUT2D eigenvalue weighted by Gasteiger charge is -2.11. The summed E-state index contributed by atoms with van der Waals surface area (Å²) in [5.74, 6) is -0.761. The maximum absolute atomic E-state index is 11.9. The van der Waals surface area contributed by atoms with E-state index in [-0.39, 0.29) is 12.6 Å². The van der Waals surface area contributed by atoms with E-state index in [1.165, 1.54) is 0 Å². The summed E-state index contributed by atoms with van der Waals surface area (Å²) in [6, 6.07) is 13.9. The van der Waals surface area contributed by atoms with Gasteiger partial charge in [-0.25, -0.2) is 0 Å². The fourth-order valence-electron chi connectivity index (χ4n) is 1.97. The molecule has 0 aliphatic rings. The Morgan fingerprint density at radius 2 is 1.71 bits per heavy atom. The monoisotopic (exact) mass is 346 g/mol. The molecule has 24 heavy (non-hydrogen) atoms. The summed E-state index contributed by atoms with van der Waals surface area (Å²) in [6.45, 7) is 4.05. The molecule has 2 amide bonds. The molecule has 5 nitrogen and oxygen atoms in total. The van der Waals surface area contributed by atoms with Gasteiger partial charge in [-0.15, -0.1) is 0 Å². The second kappa shape index (κ2) is 8.36. The molecular weight excluding hydrogens is 328 g/mol. The first kappa shape index (κ1) is 17.8. The molecule has 0 saturated heterocycles. The van der Waals surface area contributed by atoms with Gasteiger partial charge in [-0.05, 0) is 49.7 Å². The molecule has 0 saturated carbocycles. The van der Waals surface area contributed by atoms with Gasteiger partial charge in [0.05, 0.1) is 6.10 Å². The van der Waals surface area contributed by atoms with Crippen LogP contribution in [0, 0.1) is 0 Å². The van der Waals surface area contributed by atoms with E-state index >= 15 is 0 Å². The van der Waals surface area contributed by atoms with Crippen molar-refractivity contribution in [2.45, 2.75) is 26.5 Å². The quantitative estimate of drug-likeness (QED) is 0.815. The molecular formula is C18H19ClN2O3. The molecule has 0 aliphatic carbocycles. The Hall–Kier alpha value is -2.53. The van der Waals surface area contributed by atoms with Crippen LogP contribution in [0.5, 0.6) is 5.75 Å². The van der Waals surface area contributed by atoms with Crippen molar-refractivity contribution in [3.8, 4) is 5.75 Å². The van der Waals surface area contributed by atoms with Gasteiger partial charge >= 0.3 is 11.8 Å². The molecule has 0 bridgehead atoms. The largest absolute Gasteiger partial charge is 0.491 e. The summed E-state index contributed by atoms with van der Waals surface area (Å²) < 4.78 is 5.52. The van der Waals surface area contributed by atoms with E-state index in [4.69, 9.17) is 16.3 Å². The van der Waals surface area contributed by atoms with Gasteiger partial charge in [-0.1, -0.05) is 29.8 Å². The van der Waals surface area contributed by atoms with Crippen LogP contribution in [0.4, 0.5) is 5.69 Å². The molecule has 2 rings (SSSR count). The molecule has 0 aromatic heterocycles. The summed E-state index contributed by atoms with van der Waals surface area (Å²) in [4.78, 5) is 23.7. The Bertz CT molecular complexity index is 714. The first-order chi connectivity index (χ1) is 11.5. The minimum absolute atomic E-state index is 0.0704. The van der Waals surface area contributed by atoms with Crippen LogP contribution in [0.2, 0.25) is 5.02 Å². The van der Waals surface area contributed by atoms with Gasteiger partial charge in [0, 0.05) is 17.3 Å². The summed E-state index contributed by atoms with van der Waals surface area (Å²) in [5, 5.41) is 5.61. The van der Waals surface area contributed by atoms with Crippen LogP contribution >= 0.6 is 11.6 Å². The van der Waals surface area contributed by atoms with Crippen molar-refractivity contribution in [2.75, 3.05) is 5.32 Å². The number of nitrogens with one attached hydrogen (secondary N) is 2. The molecule has 0 spiro atoms. The zero-order chi connectivity index (χ0) is 17.5. The van der Waals surface area contributed by atoms with Crippen LogP contribution < -0.4 is 15.4 Å². The number of halogens is 1. The Balaban J connectivity index is 1.87. The highest BCUT2D eigenvalue weighted by Crippen LogP contribution is 2.17. The fourth-order valence-corrected chi connectivity index (χ4v) is 2.18. The van der Waals surface area contributed by atoms with E-state index < -0.39 is 11.8 Å². The third-order valence-electron chi connectivity index (χ3n) is 3.09. The Morgan fingerprint density at radius 1 is 1.04 bits per heavy atom. The average Bonchev–Trinajstić information content (AvgIpc) is 2.55. The predicted octanol–water partition coefficient (Wildman–Crippen LogP) is 3.38. The number of carbonyl (C=O) groups is 2. The zero-order valence-corrected chi connectivity index (χ0v) is 14.3. The number of hydrogen-bond donors (Lipinski definition) is 2. The van der Waals surface area contributed by atoms with E-state index in [0.717, 1.165) is 5.56 Å². The maximum atomic E-state index is 11.9. The van der Waals surface area contributed by atoms with Gasteiger partial charge in [-0.3, -0.25) is 9.59 Å².